The third-order valence-corrected chi connectivity index (χ3v) is 2.88. The number of benzene rings is 1. The van der Waals surface area contributed by atoms with Gasteiger partial charge in [-0.15, -0.1) is 0 Å². The minimum Gasteiger partial charge on any atom is -0.302 e. The highest BCUT2D eigenvalue weighted by molar-refractivity contribution is 9.09. The fourth-order valence-electron chi connectivity index (χ4n) is 0.968. The molecule has 72 valence electrons. The van der Waals surface area contributed by atoms with Crippen LogP contribution in [-0.2, 0) is 15.4 Å². The number of hydrogen-bond donors (Lipinski definition) is 1. The number of halogens is 1. The maximum absolute atomic E-state index is 10.7. The molecule has 0 bridgehead atoms. The van der Waals surface area contributed by atoms with Gasteiger partial charge >= 0.3 is 0 Å². The fraction of sp³-hybridized carbons (Fsp3) is 0.333. The van der Waals surface area contributed by atoms with Crippen LogP contribution in [0.2, 0.25) is 0 Å². The quantitative estimate of drug-likeness (QED) is 0.658. The lowest BCUT2D eigenvalue weighted by Gasteiger charge is -2.16. The van der Waals surface area contributed by atoms with E-state index in [4.69, 9.17) is 4.55 Å². The van der Waals surface area contributed by atoms with Gasteiger partial charge in [-0.3, -0.25) is 0 Å². The van der Waals surface area contributed by atoms with Crippen molar-refractivity contribution in [2.75, 3.05) is 0 Å². The van der Waals surface area contributed by atoms with E-state index < -0.39 is 11.1 Å². The van der Waals surface area contributed by atoms with Gasteiger partial charge in [0, 0.05) is 4.32 Å². The van der Waals surface area contributed by atoms with Crippen molar-refractivity contribution >= 4 is 27.0 Å². The molecule has 1 aromatic carbocycles. The molecule has 0 aliphatic heterocycles. The maximum atomic E-state index is 10.7. The van der Waals surface area contributed by atoms with Crippen LogP contribution < -0.4 is 0 Å². The first-order valence-corrected chi connectivity index (χ1v) is 5.71. The van der Waals surface area contributed by atoms with E-state index in [0.717, 1.165) is 5.56 Å². The summed E-state index contributed by atoms with van der Waals surface area (Å²) in [7, 11) is 0. The molecule has 1 rings (SSSR count). The Hall–Kier alpha value is -0.190. The lowest BCUT2D eigenvalue weighted by atomic mass is 10.0. The van der Waals surface area contributed by atoms with Gasteiger partial charge in [0.25, 0.3) is 0 Å². The molecule has 0 spiro atoms. The molecule has 2 nitrogen and oxygen atoms in total. The third kappa shape index (κ3) is 2.90. The van der Waals surface area contributed by atoms with E-state index in [9.17, 15) is 4.21 Å². The molecule has 1 atom stereocenters. The molecule has 0 aliphatic carbocycles. The lowest BCUT2D eigenvalue weighted by Crippen LogP contribution is -2.06. The van der Waals surface area contributed by atoms with Crippen molar-refractivity contribution in [1.82, 2.24) is 0 Å². The fourth-order valence-corrected chi connectivity index (χ4v) is 1.60. The van der Waals surface area contributed by atoms with E-state index in [2.05, 4.69) is 15.9 Å². The third-order valence-electron chi connectivity index (χ3n) is 1.74. The highest BCUT2D eigenvalue weighted by Gasteiger charge is 2.15. The first-order valence-electron chi connectivity index (χ1n) is 3.81. The predicted molar refractivity (Wildman–Crippen MR) is 57.4 cm³/mol. The molecular formula is C9H11BrO2S. The summed E-state index contributed by atoms with van der Waals surface area (Å²) in [5, 5.41) is 0. The summed E-state index contributed by atoms with van der Waals surface area (Å²) < 4.78 is 19.3. The van der Waals surface area contributed by atoms with Gasteiger partial charge in [0.05, 0.1) is 4.90 Å². The topological polar surface area (TPSA) is 37.3 Å². The van der Waals surface area contributed by atoms with E-state index in [1.165, 1.54) is 0 Å². The van der Waals surface area contributed by atoms with Crippen molar-refractivity contribution in [3.05, 3.63) is 29.8 Å². The van der Waals surface area contributed by atoms with Crippen molar-refractivity contribution in [1.29, 1.82) is 0 Å². The molecule has 1 unspecified atom stereocenters. The molecule has 0 heterocycles. The number of hydrogen-bond acceptors (Lipinski definition) is 1. The van der Waals surface area contributed by atoms with Crippen LogP contribution in [0.1, 0.15) is 19.4 Å². The second-order valence-corrected chi connectivity index (χ2v) is 6.20. The van der Waals surface area contributed by atoms with Crippen LogP contribution in [0.25, 0.3) is 0 Å². The summed E-state index contributed by atoms with van der Waals surface area (Å²) in [6, 6.07) is 7.01. The number of alkyl halides is 1. The van der Waals surface area contributed by atoms with Crippen LogP contribution in [-0.4, -0.2) is 8.76 Å². The molecule has 0 fully saturated rings. The molecule has 0 aliphatic rings. The van der Waals surface area contributed by atoms with E-state index in [-0.39, 0.29) is 4.32 Å². The van der Waals surface area contributed by atoms with Crippen molar-refractivity contribution in [2.45, 2.75) is 23.1 Å². The molecular weight excluding hydrogens is 252 g/mol. The average molecular weight is 263 g/mol. The van der Waals surface area contributed by atoms with Crippen molar-refractivity contribution in [3.63, 3.8) is 0 Å². The smallest absolute Gasteiger partial charge is 0.186 e. The van der Waals surface area contributed by atoms with Gasteiger partial charge in [-0.1, -0.05) is 28.1 Å². The molecule has 0 aromatic heterocycles. The van der Waals surface area contributed by atoms with Gasteiger partial charge in [-0.05, 0) is 31.5 Å². The van der Waals surface area contributed by atoms with E-state index in [0.29, 0.717) is 4.90 Å². The van der Waals surface area contributed by atoms with E-state index in [1.807, 2.05) is 26.0 Å². The van der Waals surface area contributed by atoms with Gasteiger partial charge < -0.3 is 4.55 Å². The van der Waals surface area contributed by atoms with Gasteiger partial charge in [0.15, 0.2) is 11.1 Å². The normalized spacial score (nSPS) is 14.2. The monoisotopic (exact) mass is 262 g/mol. The zero-order valence-electron chi connectivity index (χ0n) is 7.45. The lowest BCUT2D eigenvalue weighted by molar-refractivity contribution is 0.564. The van der Waals surface area contributed by atoms with Crippen molar-refractivity contribution in [3.8, 4) is 0 Å². The van der Waals surface area contributed by atoms with E-state index >= 15 is 0 Å². The summed E-state index contributed by atoms with van der Waals surface area (Å²) in [4.78, 5) is 0.431. The van der Waals surface area contributed by atoms with Gasteiger partial charge in [0.2, 0.25) is 0 Å². The van der Waals surface area contributed by atoms with Crippen molar-refractivity contribution in [2.24, 2.45) is 0 Å². The zero-order valence-corrected chi connectivity index (χ0v) is 9.85. The Morgan fingerprint density at radius 1 is 1.31 bits per heavy atom. The van der Waals surface area contributed by atoms with Crippen LogP contribution in [0.15, 0.2) is 29.2 Å². The first kappa shape index (κ1) is 10.9. The summed E-state index contributed by atoms with van der Waals surface area (Å²) in [5.74, 6) is 0. The molecule has 0 amide bonds. The second-order valence-electron chi connectivity index (χ2n) is 3.25. The molecule has 1 N–H and O–H groups in total. The first-order chi connectivity index (χ1) is 5.91. The van der Waals surface area contributed by atoms with Crippen LogP contribution in [0.3, 0.4) is 0 Å². The molecule has 0 radical (unpaired) electrons. The Labute approximate surface area is 88.8 Å². The molecule has 13 heavy (non-hydrogen) atoms. The Morgan fingerprint density at radius 3 is 2.08 bits per heavy atom. The largest absolute Gasteiger partial charge is 0.302 e. The Morgan fingerprint density at radius 2 is 1.77 bits per heavy atom. The van der Waals surface area contributed by atoms with Crippen LogP contribution >= 0.6 is 15.9 Å². The Kier molecular flexibility index (Phi) is 3.27. The number of rotatable bonds is 2. The van der Waals surface area contributed by atoms with Crippen LogP contribution in [0, 0.1) is 0 Å². The predicted octanol–water partition coefficient (Wildman–Crippen LogP) is 2.90. The molecule has 4 heteroatoms. The highest BCUT2D eigenvalue weighted by Crippen LogP contribution is 2.29. The standard InChI is InChI=1S/C9H11BrO2S/c1-9(2,10)7-3-5-8(6-4-7)13(11)12/h3-6H,1-2H3,(H,11,12). The van der Waals surface area contributed by atoms with Crippen LogP contribution in [0.4, 0.5) is 0 Å². The minimum absolute atomic E-state index is 0.0948. The minimum atomic E-state index is -1.88. The maximum Gasteiger partial charge on any atom is 0.186 e. The van der Waals surface area contributed by atoms with Crippen LogP contribution in [0.5, 0.6) is 0 Å². The van der Waals surface area contributed by atoms with Crippen molar-refractivity contribution < 1.29 is 8.76 Å². The summed E-state index contributed by atoms with van der Waals surface area (Å²) >= 11 is 1.63. The molecule has 0 saturated carbocycles. The summed E-state index contributed by atoms with van der Waals surface area (Å²) in [6.45, 7) is 4.05. The zero-order chi connectivity index (χ0) is 10.1. The van der Waals surface area contributed by atoms with Gasteiger partial charge in [0.1, 0.15) is 0 Å². The molecule has 1 aromatic rings. The van der Waals surface area contributed by atoms with Gasteiger partial charge in [-0.2, -0.15) is 0 Å². The Bertz CT molecular complexity index is 313. The second kappa shape index (κ2) is 3.90. The molecule has 0 saturated heterocycles. The van der Waals surface area contributed by atoms with E-state index in [1.54, 1.807) is 12.1 Å². The summed E-state index contributed by atoms with van der Waals surface area (Å²) in [6.07, 6.45) is 0. The van der Waals surface area contributed by atoms with Gasteiger partial charge in [-0.25, -0.2) is 4.21 Å². The highest BCUT2D eigenvalue weighted by atomic mass is 79.9. The average Bonchev–Trinajstić information content (AvgIpc) is 2.03. The summed E-state index contributed by atoms with van der Waals surface area (Å²) in [5.41, 5.74) is 1.08. The Balaban J connectivity index is 3.01. The SMILES string of the molecule is CC(C)(Br)c1ccc(S(=O)O)cc1.